The van der Waals surface area contributed by atoms with Gasteiger partial charge < -0.3 is 26.7 Å². The highest BCUT2D eigenvalue weighted by Gasteiger charge is 2.13. The van der Waals surface area contributed by atoms with Gasteiger partial charge in [-0.05, 0) is 0 Å². The molecular formula is C9H18ClNO3. The van der Waals surface area contributed by atoms with Gasteiger partial charge in [0.1, 0.15) is 19.7 Å². The van der Waals surface area contributed by atoms with E-state index in [9.17, 15) is 4.79 Å². The topological polar surface area (TPSA) is 46.5 Å². The number of carbonyl (C=O) groups excluding carboxylic acids is 1. The summed E-state index contributed by atoms with van der Waals surface area (Å²) in [6.45, 7) is 5.15. The molecule has 1 N–H and O–H groups in total. The first-order valence-electron chi connectivity index (χ1n) is 4.24. The van der Waals surface area contributed by atoms with Gasteiger partial charge in [0, 0.05) is 6.08 Å². The van der Waals surface area contributed by atoms with Crippen molar-refractivity contribution < 1.29 is 31.5 Å². The van der Waals surface area contributed by atoms with Gasteiger partial charge in [-0.15, -0.1) is 0 Å². The van der Waals surface area contributed by atoms with Crippen LogP contribution in [0.2, 0.25) is 0 Å². The summed E-state index contributed by atoms with van der Waals surface area (Å²) in [4.78, 5) is 10.7. The van der Waals surface area contributed by atoms with E-state index < -0.39 is 5.97 Å². The van der Waals surface area contributed by atoms with Crippen LogP contribution in [0.5, 0.6) is 0 Å². The van der Waals surface area contributed by atoms with Gasteiger partial charge in [0.15, 0.2) is 0 Å². The van der Waals surface area contributed by atoms with Crippen LogP contribution in [-0.4, -0.2) is 56.0 Å². The molecule has 0 aliphatic heterocycles. The largest absolute Gasteiger partial charge is 1.00 e. The highest BCUT2D eigenvalue weighted by Crippen LogP contribution is 1.95. The Bertz CT molecular complexity index is 183. The van der Waals surface area contributed by atoms with E-state index in [0.29, 0.717) is 24.2 Å². The number of likely N-dealkylation sites (N-methyl/N-ethyl adjacent to an activating group) is 1. The number of ether oxygens (including phenoxy) is 1. The first kappa shape index (κ1) is 15.9. The summed E-state index contributed by atoms with van der Waals surface area (Å²) in [6, 6.07) is 0. The Morgan fingerprint density at radius 1 is 1.50 bits per heavy atom. The number of halogens is 1. The van der Waals surface area contributed by atoms with Gasteiger partial charge in [-0.3, -0.25) is 0 Å². The second-order valence-electron chi connectivity index (χ2n) is 3.48. The molecule has 0 amide bonds. The highest BCUT2D eigenvalue weighted by molar-refractivity contribution is 5.81. The van der Waals surface area contributed by atoms with Crippen molar-refractivity contribution in [2.75, 3.05) is 40.4 Å². The molecule has 0 unspecified atom stereocenters. The van der Waals surface area contributed by atoms with Crippen LogP contribution < -0.4 is 12.4 Å². The number of esters is 1. The molecule has 0 aliphatic rings. The molecule has 0 bridgehead atoms. The number of nitrogens with zero attached hydrogens (tertiary/aromatic N) is 1. The Morgan fingerprint density at radius 2 is 2.07 bits per heavy atom. The predicted octanol–water partition coefficient (Wildman–Crippen LogP) is -3.21. The van der Waals surface area contributed by atoms with Crippen LogP contribution in [0.3, 0.4) is 0 Å². The second-order valence-corrected chi connectivity index (χ2v) is 3.48. The van der Waals surface area contributed by atoms with Gasteiger partial charge in [-0.1, -0.05) is 6.58 Å². The average Bonchev–Trinajstić information content (AvgIpc) is 2.03. The van der Waals surface area contributed by atoms with Crippen molar-refractivity contribution in [2.24, 2.45) is 0 Å². The summed E-state index contributed by atoms with van der Waals surface area (Å²) in [6.07, 6.45) is 1.14. The molecule has 0 saturated carbocycles. The van der Waals surface area contributed by atoms with Crippen LogP contribution in [0, 0.1) is 0 Å². The molecule has 0 aromatic carbocycles. The molecule has 84 valence electrons. The molecule has 0 spiro atoms. The minimum absolute atomic E-state index is 0. The fourth-order valence-corrected chi connectivity index (χ4v) is 0.835. The van der Waals surface area contributed by atoms with E-state index >= 15 is 0 Å². The number of carbonyl (C=O) groups is 1. The monoisotopic (exact) mass is 223 g/mol. The van der Waals surface area contributed by atoms with Crippen LogP contribution in [0.4, 0.5) is 0 Å². The van der Waals surface area contributed by atoms with Gasteiger partial charge in [-0.25, -0.2) is 4.79 Å². The van der Waals surface area contributed by atoms with E-state index in [2.05, 4.69) is 6.58 Å². The van der Waals surface area contributed by atoms with Crippen LogP contribution >= 0.6 is 0 Å². The van der Waals surface area contributed by atoms with Crippen molar-refractivity contribution in [3.05, 3.63) is 12.7 Å². The Kier molecular flexibility index (Phi) is 8.83. The van der Waals surface area contributed by atoms with Crippen molar-refractivity contribution in [3.63, 3.8) is 0 Å². The maximum absolute atomic E-state index is 10.7. The first-order valence-corrected chi connectivity index (χ1v) is 4.24. The minimum Gasteiger partial charge on any atom is -1.00 e. The van der Waals surface area contributed by atoms with Crippen molar-refractivity contribution in [2.45, 2.75) is 0 Å². The van der Waals surface area contributed by atoms with E-state index in [0.717, 1.165) is 6.08 Å². The number of aliphatic hydroxyl groups is 1. The zero-order valence-corrected chi connectivity index (χ0v) is 9.46. The Balaban J connectivity index is 0. The van der Waals surface area contributed by atoms with Crippen LogP contribution in [-0.2, 0) is 9.53 Å². The number of hydrogen-bond acceptors (Lipinski definition) is 3. The van der Waals surface area contributed by atoms with Gasteiger partial charge in [0.25, 0.3) is 0 Å². The second kappa shape index (κ2) is 7.79. The smallest absolute Gasteiger partial charge is 0.330 e. The first-order chi connectivity index (χ1) is 6.02. The molecule has 0 radical (unpaired) electrons. The number of rotatable bonds is 6. The van der Waals surface area contributed by atoms with Crippen LogP contribution in [0.25, 0.3) is 0 Å². The molecule has 0 aromatic rings. The SMILES string of the molecule is C=CC(=O)OCC[N+](C)(C)CCO.[Cl-]. The minimum atomic E-state index is -0.399. The van der Waals surface area contributed by atoms with Crippen molar-refractivity contribution >= 4 is 5.97 Å². The standard InChI is InChI=1S/C9H18NO3.ClH/c1-4-9(12)13-8-6-10(2,3)5-7-11;/h4,11H,1,5-8H2,2-3H3;1H/q+1;/p-1. The summed E-state index contributed by atoms with van der Waals surface area (Å²) in [5.74, 6) is -0.399. The Morgan fingerprint density at radius 3 is 2.50 bits per heavy atom. The molecule has 0 aliphatic carbocycles. The molecular weight excluding hydrogens is 206 g/mol. The van der Waals surface area contributed by atoms with Gasteiger partial charge >= 0.3 is 5.97 Å². The lowest BCUT2D eigenvalue weighted by Gasteiger charge is -2.28. The molecule has 0 heterocycles. The molecule has 0 saturated heterocycles. The third-order valence-corrected chi connectivity index (χ3v) is 1.81. The third kappa shape index (κ3) is 8.04. The molecule has 4 nitrogen and oxygen atoms in total. The highest BCUT2D eigenvalue weighted by atomic mass is 35.5. The molecule has 0 rings (SSSR count). The fraction of sp³-hybridized carbons (Fsp3) is 0.667. The average molecular weight is 224 g/mol. The van der Waals surface area contributed by atoms with Crippen molar-refractivity contribution in [3.8, 4) is 0 Å². The molecule has 14 heavy (non-hydrogen) atoms. The van der Waals surface area contributed by atoms with E-state index in [-0.39, 0.29) is 19.0 Å². The van der Waals surface area contributed by atoms with E-state index in [1.807, 2.05) is 14.1 Å². The lowest BCUT2D eigenvalue weighted by molar-refractivity contribution is -0.890. The quantitative estimate of drug-likeness (QED) is 0.293. The molecule has 0 fully saturated rings. The lowest BCUT2D eigenvalue weighted by Crippen LogP contribution is -3.00. The van der Waals surface area contributed by atoms with Crippen LogP contribution in [0.1, 0.15) is 0 Å². The Labute approximate surface area is 91.2 Å². The maximum atomic E-state index is 10.7. The van der Waals surface area contributed by atoms with Gasteiger partial charge in [0.2, 0.25) is 0 Å². The summed E-state index contributed by atoms with van der Waals surface area (Å²) < 4.78 is 5.46. The zero-order valence-electron chi connectivity index (χ0n) is 8.70. The molecule has 0 atom stereocenters. The fourth-order valence-electron chi connectivity index (χ4n) is 0.835. The van der Waals surface area contributed by atoms with Gasteiger partial charge in [-0.2, -0.15) is 0 Å². The number of quaternary nitrogens is 1. The maximum Gasteiger partial charge on any atom is 0.330 e. The Hall–Kier alpha value is -0.580. The van der Waals surface area contributed by atoms with E-state index in [1.165, 1.54) is 0 Å². The van der Waals surface area contributed by atoms with Crippen molar-refractivity contribution in [1.82, 2.24) is 0 Å². The third-order valence-electron chi connectivity index (χ3n) is 1.81. The van der Waals surface area contributed by atoms with E-state index in [1.54, 1.807) is 0 Å². The number of hydrogen-bond donors (Lipinski definition) is 1. The van der Waals surface area contributed by atoms with Crippen LogP contribution in [0.15, 0.2) is 12.7 Å². The normalized spacial score (nSPS) is 10.2. The summed E-state index contributed by atoms with van der Waals surface area (Å²) in [5, 5.41) is 8.72. The molecule has 5 heteroatoms. The summed E-state index contributed by atoms with van der Waals surface area (Å²) >= 11 is 0. The van der Waals surface area contributed by atoms with Gasteiger partial charge in [0.05, 0.1) is 20.7 Å². The summed E-state index contributed by atoms with van der Waals surface area (Å²) in [5.41, 5.74) is 0. The lowest BCUT2D eigenvalue weighted by atomic mass is 10.4. The summed E-state index contributed by atoms with van der Waals surface area (Å²) in [7, 11) is 3.94. The number of aliphatic hydroxyl groups excluding tert-OH is 1. The zero-order chi connectivity index (χ0) is 10.3. The molecule has 0 aromatic heterocycles. The van der Waals surface area contributed by atoms with E-state index in [4.69, 9.17) is 9.84 Å². The van der Waals surface area contributed by atoms with Crippen molar-refractivity contribution in [1.29, 1.82) is 0 Å². The predicted molar refractivity (Wildman–Crippen MR) is 50.1 cm³/mol.